The van der Waals surface area contributed by atoms with Crippen LogP contribution in [-0.4, -0.2) is 35.6 Å². The summed E-state index contributed by atoms with van der Waals surface area (Å²) >= 11 is 0. The molecule has 0 bridgehead atoms. The lowest BCUT2D eigenvalue weighted by Crippen LogP contribution is -2.45. The lowest BCUT2D eigenvalue weighted by atomic mass is 9.74. The average molecular weight is 454 g/mol. The molecule has 4 rings (SSSR count). The van der Waals surface area contributed by atoms with Crippen LogP contribution in [0.2, 0.25) is 0 Å². The third kappa shape index (κ3) is 5.28. The van der Waals surface area contributed by atoms with E-state index in [1.807, 2.05) is 48.5 Å². The number of aliphatic hydroxyl groups excluding tert-OH is 1. The number of hydrogen-bond acceptors (Lipinski definition) is 2. The van der Waals surface area contributed by atoms with E-state index in [4.69, 9.17) is 0 Å². The molecule has 33 heavy (non-hydrogen) atoms. The molecule has 0 spiro atoms. The zero-order chi connectivity index (χ0) is 23.5. The highest BCUT2D eigenvalue weighted by atomic mass is 19.4. The number of piperidine rings is 1. The van der Waals surface area contributed by atoms with Crippen LogP contribution in [0.3, 0.4) is 0 Å². The van der Waals surface area contributed by atoms with Crippen molar-refractivity contribution in [3.05, 3.63) is 95.6 Å². The minimum Gasteiger partial charge on any atom is -0.396 e. The van der Waals surface area contributed by atoms with Crippen LogP contribution in [0.1, 0.15) is 34.3 Å². The van der Waals surface area contributed by atoms with Crippen molar-refractivity contribution in [1.29, 1.82) is 0 Å². The molecule has 0 unspecified atom stereocenters. The van der Waals surface area contributed by atoms with Crippen molar-refractivity contribution in [3.8, 4) is 11.1 Å². The Balaban J connectivity index is 1.45. The van der Waals surface area contributed by atoms with Gasteiger partial charge in [0.1, 0.15) is 0 Å². The molecule has 0 saturated carbocycles. The molecule has 1 amide bonds. The number of amides is 1. The van der Waals surface area contributed by atoms with Gasteiger partial charge in [0.2, 0.25) is 0 Å². The SMILES string of the molecule is O=C(c1cccc(-c2ccccc2)c1)N1CCC(CO)(Cc2cccc(C(F)(F)F)c2)CC1. The second-order valence-electron chi connectivity index (χ2n) is 8.77. The highest BCUT2D eigenvalue weighted by Crippen LogP contribution is 2.37. The lowest BCUT2D eigenvalue weighted by molar-refractivity contribution is -0.137. The van der Waals surface area contributed by atoms with Gasteiger partial charge in [0.05, 0.1) is 5.56 Å². The van der Waals surface area contributed by atoms with Gasteiger partial charge < -0.3 is 10.0 Å². The van der Waals surface area contributed by atoms with Crippen LogP contribution < -0.4 is 0 Å². The summed E-state index contributed by atoms with van der Waals surface area (Å²) in [5, 5.41) is 10.1. The topological polar surface area (TPSA) is 40.5 Å². The third-order valence-electron chi connectivity index (χ3n) is 6.50. The van der Waals surface area contributed by atoms with Gasteiger partial charge in [-0.05, 0) is 54.2 Å². The van der Waals surface area contributed by atoms with Crippen molar-refractivity contribution >= 4 is 5.91 Å². The van der Waals surface area contributed by atoms with Crippen LogP contribution in [-0.2, 0) is 12.6 Å². The molecule has 0 aliphatic carbocycles. The average Bonchev–Trinajstić information content (AvgIpc) is 2.84. The Morgan fingerprint density at radius 2 is 1.55 bits per heavy atom. The lowest BCUT2D eigenvalue weighted by Gasteiger charge is -2.41. The van der Waals surface area contributed by atoms with Crippen LogP contribution in [0.25, 0.3) is 11.1 Å². The fourth-order valence-electron chi connectivity index (χ4n) is 4.51. The molecular weight excluding hydrogens is 427 g/mol. The first kappa shape index (κ1) is 23.1. The molecule has 1 N–H and O–H groups in total. The van der Waals surface area contributed by atoms with Crippen LogP contribution in [0.4, 0.5) is 13.2 Å². The number of carbonyl (C=O) groups excluding carboxylic acids is 1. The van der Waals surface area contributed by atoms with Crippen LogP contribution in [0.5, 0.6) is 0 Å². The Morgan fingerprint density at radius 1 is 0.879 bits per heavy atom. The molecular formula is C27H26F3NO2. The Kier molecular flexibility index (Phi) is 6.56. The number of aliphatic hydroxyl groups is 1. The molecule has 0 aromatic heterocycles. The van der Waals surface area contributed by atoms with Gasteiger partial charge in [0, 0.05) is 30.7 Å². The minimum absolute atomic E-state index is 0.0709. The molecule has 3 aromatic carbocycles. The standard InChI is InChI=1S/C27H26F3NO2/c28-27(29,30)24-11-4-6-20(16-24)18-26(19-32)12-14-31(15-13-26)25(33)23-10-5-9-22(17-23)21-7-2-1-3-8-21/h1-11,16-17,32H,12-15,18-19H2. The number of halogens is 3. The fourth-order valence-corrected chi connectivity index (χ4v) is 4.51. The van der Waals surface area contributed by atoms with Crippen LogP contribution >= 0.6 is 0 Å². The Bertz CT molecular complexity index is 1100. The maximum atomic E-state index is 13.1. The number of rotatable bonds is 5. The summed E-state index contributed by atoms with van der Waals surface area (Å²) in [6.07, 6.45) is -2.99. The number of carbonyl (C=O) groups is 1. The van der Waals surface area contributed by atoms with E-state index < -0.39 is 17.2 Å². The highest BCUT2D eigenvalue weighted by Gasteiger charge is 2.37. The van der Waals surface area contributed by atoms with Crippen molar-refractivity contribution in [1.82, 2.24) is 4.90 Å². The number of hydrogen-bond donors (Lipinski definition) is 1. The number of alkyl halides is 3. The molecule has 1 aliphatic rings. The van der Waals surface area contributed by atoms with Gasteiger partial charge in [0.25, 0.3) is 5.91 Å². The van der Waals surface area contributed by atoms with Gasteiger partial charge in [0.15, 0.2) is 0 Å². The van der Waals surface area contributed by atoms with Crippen molar-refractivity contribution in [3.63, 3.8) is 0 Å². The molecule has 3 aromatic rings. The first-order chi connectivity index (χ1) is 15.8. The fraction of sp³-hybridized carbons (Fsp3) is 0.296. The first-order valence-electron chi connectivity index (χ1n) is 11.0. The van der Waals surface area contributed by atoms with Gasteiger partial charge in [-0.3, -0.25) is 4.79 Å². The Labute approximate surface area is 191 Å². The van der Waals surface area contributed by atoms with Gasteiger partial charge in [-0.15, -0.1) is 0 Å². The summed E-state index contributed by atoms with van der Waals surface area (Å²) in [7, 11) is 0. The number of likely N-dealkylation sites (tertiary alicyclic amines) is 1. The number of nitrogens with zero attached hydrogens (tertiary/aromatic N) is 1. The second-order valence-corrected chi connectivity index (χ2v) is 8.77. The number of benzene rings is 3. The molecule has 6 heteroatoms. The first-order valence-corrected chi connectivity index (χ1v) is 11.0. The zero-order valence-electron chi connectivity index (χ0n) is 18.2. The van der Waals surface area contributed by atoms with E-state index in [9.17, 15) is 23.1 Å². The molecule has 1 saturated heterocycles. The zero-order valence-corrected chi connectivity index (χ0v) is 18.2. The molecule has 1 heterocycles. The van der Waals surface area contributed by atoms with Crippen molar-refractivity contribution in [2.75, 3.05) is 19.7 Å². The monoisotopic (exact) mass is 453 g/mol. The van der Waals surface area contributed by atoms with Gasteiger partial charge in [-0.1, -0.05) is 60.7 Å². The van der Waals surface area contributed by atoms with Crippen molar-refractivity contribution in [2.24, 2.45) is 5.41 Å². The summed E-state index contributed by atoms with van der Waals surface area (Å²) in [5.74, 6) is -0.0709. The summed E-state index contributed by atoms with van der Waals surface area (Å²) < 4.78 is 39.2. The largest absolute Gasteiger partial charge is 0.416 e. The van der Waals surface area contributed by atoms with Gasteiger partial charge in [-0.25, -0.2) is 0 Å². The van der Waals surface area contributed by atoms with Gasteiger partial charge >= 0.3 is 6.18 Å². The van der Waals surface area contributed by atoms with Crippen LogP contribution in [0, 0.1) is 5.41 Å². The predicted molar refractivity (Wildman–Crippen MR) is 122 cm³/mol. The molecule has 0 radical (unpaired) electrons. The van der Waals surface area contributed by atoms with E-state index in [1.165, 1.54) is 6.07 Å². The summed E-state index contributed by atoms with van der Waals surface area (Å²) in [5.41, 5.74) is 1.94. The molecule has 1 aliphatic heterocycles. The van der Waals surface area contributed by atoms with Crippen molar-refractivity contribution in [2.45, 2.75) is 25.4 Å². The molecule has 172 valence electrons. The van der Waals surface area contributed by atoms with E-state index in [0.29, 0.717) is 43.5 Å². The quantitative estimate of drug-likeness (QED) is 0.528. The normalized spacial score (nSPS) is 15.9. The summed E-state index contributed by atoms with van der Waals surface area (Å²) in [6, 6.07) is 22.6. The van der Waals surface area contributed by atoms with Crippen molar-refractivity contribution < 1.29 is 23.1 Å². The van der Waals surface area contributed by atoms with Gasteiger partial charge in [-0.2, -0.15) is 13.2 Å². The Morgan fingerprint density at radius 3 is 2.21 bits per heavy atom. The second kappa shape index (κ2) is 9.40. The van der Waals surface area contributed by atoms with E-state index in [-0.39, 0.29) is 12.5 Å². The smallest absolute Gasteiger partial charge is 0.396 e. The molecule has 0 atom stereocenters. The summed E-state index contributed by atoms with van der Waals surface area (Å²) in [6.45, 7) is 0.774. The van der Waals surface area contributed by atoms with E-state index >= 15 is 0 Å². The van der Waals surface area contributed by atoms with E-state index in [2.05, 4.69) is 0 Å². The maximum absolute atomic E-state index is 13.1. The Hall–Kier alpha value is -3.12. The van der Waals surface area contributed by atoms with E-state index in [1.54, 1.807) is 17.0 Å². The molecule has 1 fully saturated rings. The molecule has 3 nitrogen and oxygen atoms in total. The predicted octanol–water partition coefficient (Wildman–Crippen LogP) is 5.83. The maximum Gasteiger partial charge on any atom is 0.416 e. The summed E-state index contributed by atoms with van der Waals surface area (Å²) in [4.78, 5) is 14.9. The van der Waals surface area contributed by atoms with E-state index in [0.717, 1.165) is 23.3 Å². The highest BCUT2D eigenvalue weighted by molar-refractivity contribution is 5.95. The third-order valence-corrected chi connectivity index (χ3v) is 6.50. The minimum atomic E-state index is -4.40. The van der Waals surface area contributed by atoms with Crippen LogP contribution in [0.15, 0.2) is 78.9 Å².